The number of benzene rings is 1. The third kappa shape index (κ3) is 4.90. The molecule has 3 heterocycles. The first-order chi connectivity index (χ1) is 14.7. The highest BCUT2D eigenvalue weighted by Crippen LogP contribution is 2.22. The molecule has 0 radical (unpaired) electrons. The SMILES string of the molecule is COc1ccc(-c2n[nH]c(CNC(=O)CCCc3nc(-c4cccs4)no3)n2)cc1. The fourth-order valence-corrected chi connectivity index (χ4v) is 3.43. The number of methoxy groups -OCH3 is 1. The van der Waals surface area contributed by atoms with Crippen LogP contribution in [0.2, 0.25) is 0 Å². The highest BCUT2D eigenvalue weighted by Gasteiger charge is 2.11. The molecule has 0 aliphatic rings. The molecule has 0 aliphatic carbocycles. The van der Waals surface area contributed by atoms with Crippen molar-refractivity contribution >= 4 is 17.2 Å². The number of carbonyl (C=O) groups is 1. The molecule has 2 N–H and O–H groups in total. The fraction of sp³-hybridized carbons (Fsp3) is 0.250. The van der Waals surface area contributed by atoms with Crippen molar-refractivity contribution in [2.75, 3.05) is 7.11 Å². The molecule has 0 unspecified atom stereocenters. The number of amides is 1. The van der Waals surface area contributed by atoms with E-state index < -0.39 is 0 Å². The Morgan fingerprint density at radius 1 is 1.20 bits per heavy atom. The lowest BCUT2D eigenvalue weighted by Gasteiger charge is -2.02. The van der Waals surface area contributed by atoms with Crippen LogP contribution < -0.4 is 10.1 Å². The minimum Gasteiger partial charge on any atom is -0.497 e. The lowest BCUT2D eigenvalue weighted by molar-refractivity contribution is -0.121. The van der Waals surface area contributed by atoms with Crippen molar-refractivity contribution in [2.24, 2.45) is 0 Å². The minimum atomic E-state index is -0.0737. The zero-order valence-corrected chi connectivity index (χ0v) is 17.1. The lowest BCUT2D eigenvalue weighted by Crippen LogP contribution is -2.23. The summed E-state index contributed by atoms with van der Waals surface area (Å²) in [4.78, 5) is 21.8. The van der Waals surface area contributed by atoms with Gasteiger partial charge < -0.3 is 14.6 Å². The lowest BCUT2D eigenvalue weighted by atomic mass is 10.2. The van der Waals surface area contributed by atoms with Crippen LogP contribution in [0.1, 0.15) is 24.6 Å². The normalized spacial score (nSPS) is 10.8. The Kier molecular flexibility index (Phi) is 6.14. The Morgan fingerprint density at radius 3 is 2.83 bits per heavy atom. The summed E-state index contributed by atoms with van der Waals surface area (Å²) in [6.07, 6.45) is 1.53. The van der Waals surface area contributed by atoms with E-state index in [0.717, 1.165) is 16.2 Å². The number of nitrogens with one attached hydrogen (secondary N) is 2. The van der Waals surface area contributed by atoms with Gasteiger partial charge in [0.1, 0.15) is 11.6 Å². The van der Waals surface area contributed by atoms with Crippen LogP contribution in [0.4, 0.5) is 0 Å². The highest BCUT2D eigenvalue weighted by molar-refractivity contribution is 7.13. The van der Waals surface area contributed by atoms with Crippen LogP contribution in [0.5, 0.6) is 5.75 Å². The van der Waals surface area contributed by atoms with E-state index in [1.807, 2.05) is 41.8 Å². The number of rotatable bonds is 9. The molecule has 0 saturated heterocycles. The van der Waals surface area contributed by atoms with Crippen LogP contribution in [0.3, 0.4) is 0 Å². The second-order valence-corrected chi connectivity index (χ2v) is 7.40. The second-order valence-electron chi connectivity index (χ2n) is 6.45. The molecule has 0 saturated carbocycles. The molecule has 10 heteroatoms. The summed E-state index contributed by atoms with van der Waals surface area (Å²) >= 11 is 1.56. The van der Waals surface area contributed by atoms with Gasteiger partial charge in [-0.1, -0.05) is 11.2 Å². The van der Waals surface area contributed by atoms with Gasteiger partial charge in [0.2, 0.25) is 17.6 Å². The van der Waals surface area contributed by atoms with Gasteiger partial charge in [-0.15, -0.1) is 11.3 Å². The predicted octanol–water partition coefficient (Wildman–Crippen LogP) is 3.23. The maximum atomic E-state index is 12.1. The Morgan fingerprint density at radius 2 is 2.07 bits per heavy atom. The van der Waals surface area contributed by atoms with Gasteiger partial charge >= 0.3 is 0 Å². The highest BCUT2D eigenvalue weighted by atomic mass is 32.1. The summed E-state index contributed by atoms with van der Waals surface area (Å²) in [6.45, 7) is 0.283. The van der Waals surface area contributed by atoms with Crippen LogP contribution in [-0.4, -0.2) is 38.3 Å². The molecule has 154 valence electrons. The Hall–Kier alpha value is -3.53. The zero-order chi connectivity index (χ0) is 20.8. The average Bonchev–Trinajstić information content (AvgIpc) is 3.54. The van der Waals surface area contributed by atoms with E-state index in [1.165, 1.54) is 0 Å². The van der Waals surface area contributed by atoms with Gasteiger partial charge in [-0.05, 0) is 42.1 Å². The largest absolute Gasteiger partial charge is 0.497 e. The second kappa shape index (κ2) is 9.31. The third-order valence-corrected chi connectivity index (χ3v) is 5.20. The van der Waals surface area contributed by atoms with Crippen molar-refractivity contribution in [1.82, 2.24) is 30.6 Å². The Bertz CT molecular complexity index is 1090. The number of ether oxygens (including phenoxy) is 1. The molecule has 4 aromatic rings. The molecule has 0 spiro atoms. The van der Waals surface area contributed by atoms with Crippen LogP contribution >= 0.6 is 11.3 Å². The fourth-order valence-electron chi connectivity index (χ4n) is 2.78. The van der Waals surface area contributed by atoms with E-state index in [1.54, 1.807) is 18.4 Å². The number of aromatic amines is 1. The van der Waals surface area contributed by atoms with Gasteiger partial charge in [0, 0.05) is 18.4 Å². The Labute approximate surface area is 176 Å². The van der Waals surface area contributed by atoms with E-state index in [0.29, 0.717) is 42.6 Å². The van der Waals surface area contributed by atoms with E-state index in [-0.39, 0.29) is 12.5 Å². The van der Waals surface area contributed by atoms with Gasteiger partial charge in [-0.2, -0.15) is 10.1 Å². The van der Waals surface area contributed by atoms with Crippen molar-refractivity contribution in [3.8, 4) is 27.8 Å². The summed E-state index contributed by atoms with van der Waals surface area (Å²) in [5.41, 5.74) is 0.867. The molecule has 0 aliphatic heterocycles. The summed E-state index contributed by atoms with van der Waals surface area (Å²) in [7, 11) is 1.62. The van der Waals surface area contributed by atoms with E-state index >= 15 is 0 Å². The molecule has 1 amide bonds. The first-order valence-corrected chi connectivity index (χ1v) is 10.3. The minimum absolute atomic E-state index is 0.0737. The van der Waals surface area contributed by atoms with Gasteiger partial charge in [0.25, 0.3) is 0 Å². The number of H-pyrrole nitrogens is 1. The molecule has 1 aromatic carbocycles. The number of thiophene rings is 1. The van der Waals surface area contributed by atoms with Gasteiger partial charge in [0.05, 0.1) is 18.5 Å². The maximum absolute atomic E-state index is 12.1. The smallest absolute Gasteiger partial charge is 0.226 e. The monoisotopic (exact) mass is 424 g/mol. The van der Waals surface area contributed by atoms with Crippen LogP contribution in [0.25, 0.3) is 22.1 Å². The number of carbonyl (C=O) groups excluding carboxylic acids is 1. The van der Waals surface area contributed by atoms with Crippen LogP contribution in [-0.2, 0) is 17.8 Å². The van der Waals surface area contributed by atoms with Gasteiger partial charge in [-0.3, -0.25) is 9.89 Å². The standard InChI is InChI=1S/C20H20N6O3S/c1-28-14-9-7-13(8-10-14)19-22-16(24-25-19)12-21-17(27)5-2-6-18-23-20(26-29-18)15-4-3-11-30-15/h3-4,7-11H,2,5-6,12H2,1H3,(H,21,27)(H,22,24,25). The molecule has 0 atom stereocenters. The number of aromatic nitrogens is 5. The van der Waals surface area contributed by atoms with Crippen molar-refractivity contribution in [3.63, 3.8) is 0 Å². The quantitative estimate of drug-likeness (QED) is 0.423. The van der Waals surface area contributed by atoms with Crippen molar-refractivity contribution in [3.05, 3.63) is 53.5 Å². The van der Waals surface area contributed by atoms with Crippen molar-refractivity contribution in [1.29, 1.82) is 0 Å². The average molecular weight is 424 g/mol. The van der Waals surface area contributed by atoms with E-state index in [2.05, 4.69) is 30.6 Å². The molecule has 9 nitrogen and oxygen atoms in total. The summed E-state index contributed by atoms with van der Waals surface area (Å²) in [5.74, 6) is 2.97. The van der Waals surface area contributed by atoms with Gasteiger partial charge in [-0.25, -0.2) is 4.98 Å². The molecule has 30 heavy (non-hydrogen) atoms. The molecule has 4 rings (SSSR count). The molecular weight excluding hydrogens is 404 g/mol. The summed E-state index contributed by atoms with van der Waals surface area (Å²) in [6, 6.07) is 11.3. The number of nitrogens with zero attached hydrogens (tertiary/aromatic N) is 4. The maximum Gasteiger partial charge on any atom is 0.226 e. The van der Waals surface area contributed by atoms with Crippen molar-refractivity contribution < 1.29 is 14.1 Å². The van der Waals surface area contributed by atoms with Crippen molar-refractivity contribution in [2.45, 2.75) is 25.8 Å². The Balaban J connectivity index is 1.21. The van der Waals surface area contributed by atoms with E-state index in [4.69, 9.17) is 9.26 Å². The number of hydrogen-bond acceptors (Lipinski definition) is 8. The third-order valence-electron chi connectivity index (χ3n) is 4.34. The molecule has 0 fully saturated rings. The van der Waals surface area contributed by atoms with Crippen LogP contribution in [0.15, 0.2) is 46.3 Å². The number of hydrogen-bond donors (Lipinski definition) is 2. The van der Waals surface area contributed by atoms with Gasteiger partial charge in [0.15, 0.2) is 5.82 Å². The first-order valence-electron chi connectivity index (χ1n) is 9.40. The van der Waals surface area contributed by atoms with Crippen LogP contribution in [0, 0.1) is 0 Å². The summed E-state index contributed by atoms with van der Waals surface area (Å²) < 4.78 is 10.4. The predicted molar refractivity (Wildman–Crippen MR) is 111 cm³/mol. The number of aryl methyl sites for hydroxylation is 1. The summed E-state index contributed by atoms with van der Waals surface area (Å²) in [5, 5.41) is 15.8. The van der Waals surface area contributed by atoms with E-state index in [9.17, 15) is 4.79 Å². The first kappa shape index (κ1) is 19.8. The molecular formula is C20H20N6O3S. The topological polar surface area (TPSA) is 119 Å². The zero-order valence-electron chi connectivity index (χ0n) is 16.3. The molecule has 0 bridgehead atoms. The molecule has 3 aromatic heterocycles.